The zero-order valence-corrected chi connectivity index (χ0v) is 19.7. The largest absolute Gasteiger partial charge is 0.494 e. The third kappa shape index (κ3) is 4.44. The number of hydrogen-bond acceptors (Lipinski definition) is 7. The van der Waals surface area contributed by atoms with Crippen LogP contribution in [0.15, 0.2) is 55.0 Å². The van der Waals surface area contributed by atoms with Gasteiger partial charge in [-0.3, -0.25) is 4.79 Å². The normalized spacial score (nSPS) is 13.7. The molecule has 0 saturated carbocycles. The summed E-state index contributed by atoms with van der Waals surface area (Å²) >= 11 is 0. The van der Waals surface area contributed by atoms with Crippen molar-refractivity contribution in [3.05, 3.63) is 77.5 Å². The van der Waals surface area contributed by atoms with Crippen molar-refractivity contribution < 1.29 is 18.7 Å². The first-order valence-corrected chi connectivity index (χ1v) is 10.9. The molecule has 1 aliphatic rings. The molecule has 0 atom stereocenters. The average Bonchev–Trinajstić information content (AvgIpc) is 3.06. The van der Waals surface area contributed by atoms with Gasteiger partial charge in [0, 0.05) is 40.0 Å². The Hall–Kier alpha value is -3.94. The Morgan fingerprint density at radius 2 is 1.94 bits per heavy atom. The summed E-state index contributed by atoms with van der Waals surface area (Å²) in [6.45, 7) is 10.0. The number of nitrogens with zero attached hydrogens (tertiary/aromatic N) is 2. The molecule has 34 heavy (non-hydrogen) atoms. The molecule has 4 rings (SSSR count). The lowest BCUT2D eigenvalue weighted by molar-refractivity contribution is 0.0987. The summed E-state index contributed by atoms with van der Waals surface area (Å²) < 4.78 is 25.4. The summed E-state index contributed by atoms with van der Waals surface area (Å²) in [6.07, 6.45) is 3.31. The Balaban J connectivity index is 1.44. The molecular weight excluding hydrogens is 435 g/mol. The maximum Gasteiger partial charge on any atom is 0.227 e. The van der Waals surface area contributed by atoms with Crippen molar-refractivity contribution in [2.45, 2.75) is 39.2 Å². The van der Waals surface area contributed by atoms with E-state index >= 15 is 0 Å². The van der Waals surface area contributed by atoms with Crippen molar-refractivity contribution in [2.24, 2.45) is 0 Å². The third-order valence-corrected chi connectivity index (χ3v) is 5.99. The standard InChI is InChI=1S/C26H27FN4O3/c1-6-22(32)16-9-17(24(27)23(10-16)33-5)14-34-19-12-28-25(29-13-19)31-18-7-8-20-21(11-18)30-15(2)26(20,3)4/h7-13,30H,2,6,14H2,1,3-5H3,(H,28,29,31). The van der Waals surface area contributed by atoms with Gasteiger partial charge in [-0.1, -0.05) is 33.4 Å². The Morgan fingerprint density at radius 1 is 1.21 bits per heavy atom. The van der Waals surface area contributed by atoms with E-state index in [2.05, 4.69) is 47.1 Å². The van der Waals surface area contributed by atoms with Crippen LogP contribution in [0.2, 0.25) is 0 Å². The lowest BCUT2D eigenvalue weighted by Gasteiger charge is -2.19. The van der Waals surface area contributed by atoms with Crippen LogP contribution in [0.5, 0.6) is 11.5 Å². The Kier molecular flexibility index (Phi) is 6.24. The van der Waals surface area contributed by atoms with E-state index in [-0.39, 0.29) is 29.1 Å². The SMILES string of the molecule is C=C1Nc2cc(Nc3ncc(OCc4cc(C(=O)CC)cc(OC)c4F)cn3)ccc2C1(C)C. The van der Waals surface area contributed by atoms with Gasteiger partial charge in [0.15, 0.2) is 23.1 Å². The molecule has 8 heteroatoms. The first kappa shape index (κ1) is 23.2. The van der Waals surface area contributed by atoms with Crippen LogP contribution in [0.1, 0.15) is 48.7 Å². The van der Waals surface area contributed by atoms with E-state index < -0.39 is 5.82 Å². The summed E-state index contributed by atoms with van der Waals surface area (Å²) in [5, 5.41) is 6.49. The highest BCUT2D eigenvalue weighted by molar-refractivity contribution is 5.96. The number of methoxy groups -OCH3 is 1. The van der Waals surface area contributed by atoms with Crippen molar-refractivity contribution in [1.29, 1.82) is 0 Å². The van der Waals surface area contributed by atoms with Crippen molar-refractivity contribution in [2.75, 3.05) is 17.7 Å². The minimum absolute atomic E-state index is 0.00416. The fourth-order valence-corrected chi connectivity index (χ4v) is 3.77. The van der Waals surface area contributed by atoms with Crippen molar-refractivity contribution in [1.82, 2.24) is 9.97 Å². The number of carbonyl (C=O) groups excluding carboxylic acids is 1. The number of hydrogen-bond donors (Lipinski definition) is 2. The molecule has 0 aliphatic carbocycles. The molecule has 1 aliphatic heterocycles. The Morgan fingerprint density at radius 3 is 2.62 bits per heavy atom. The van der Waals surface area contributed by atoms with Gasteiger partial charge in [0.05, 0.1) is 19.5 Å². The lowest BCUT2D eigenvalue weighted by atomic mass is 9.84. The van der Waals surface area contributed by atoms with Gasteiger partial charge in [-0.05, 0) is 29.8 Å². The second-order valence-electron chi connectivity index (χ2n) is 8.57. The molecule has 0 bridgehead atoms. The molecule has 2 heterocycles. The highest BCUT2D eigenvalue weighted by Gasteiger charge is 2.33. The molecule has 1 aromatic heterocycles. The quantitative estimate of drug-likeness (QED) is 0.412. The number of anilines is 3. The number of carbonyl (C=O) groups is 1. The molecule has 2 aromatic carbocycles. The molecule has 0 amide bonds. The van der Waals surface area contributed by atoms with Gasteiger partial charge >= 0.3 is 0 Å². The van der Waals surface area contributed by atoms with Crippen LogP contribution < -0.4 is 20.1 Å². The van der Waals surface area contributed by atoms with Gasteiger partial charge in [0.2, 0.25) is 5.95 Å². The molecule has 0 radical (unpaired) electrons. The number of allylic oxidation sites excluding steroid dienone is 1. The topological polar surface area (TPSA) is 85.4 Å². The van der Waals surface area contributed by atoms with Gasteiger partial charge in [-0.25, -0.2) is 14.4 Å². The second-order valence-corrected chi connectivity index (χ2v) is 8.57. The zero-order valence-electron chi connectivity index (χ0n) is 19.7. The second kappa shape index (κ2) is 9.13. The number of Topliss-reactive ketones (excluding diaryl/α,β-unsaturated/α-hetero) is 1. The van der Waals surface area contributed by atoms with Gasteiger partial charge < -0.3 is 20.1 Å². The highest BCUT2D eigenvalue weighted by atomic mass is 19.1. The maximum atomic E-state index is 14.6. The summed E-state index contributed by atoms with van der Waals surface area (Å²) in [4.78, 5) is 20.6. The van der Waals surface area contributed by atoms with Crippen LogP contribution >= 0.6 is 0 Å². The molecular formula is C26H27FN4O3. The highest BCUT2D eigenvalue weighted by Crippen LogP contribution is 2.43. The fraction of sp³-hybridized carbons (Fsp3) is 0.269. The van der Waals surface area contributed by atoms with Crippen molar-refractivity contribution >= 4 is 23.1 Å². The predicted octanol–water partition coefficient (Wildman–Crippen LogP) is 5.76. The number of nitrogens with one attached hydrogen (secondary N) is 2. The number of ether oxygens (including phenoxy) is 2. The first-order chi connectivity index (χ1) is 16.2. The number of benzene rings is 2. The smallest absolute Gasteiger partial charge is 0.227 e. The van der Waals surface area contributed by atoms with Crippen LogP contribution in [0.25, 0.3) is 0 Å². The first-order valence-electron chi connectivity index (χ1n) is 10.9. The van der Waals surface area contributed by atoms with E-state index in [1.165, 1.54) is 37.2 Å². The fourth-order valence-electron chi connectivity index (χ4n) is 3.77. The average molecular weight is 463 g/mol. The van der Waals surface area contributed by atoms with E-state index in [1.54, 1.807) is 6.92 Å². The molecule has 2 N–H and O–H groups in total. The molecule has 0 spiro atoms. The minimum Gasteiger partial charge on any atom is -0.494 e. The number of rotatable bonds is 8. The monoisotopic (exact) mass is 462 g/mol. The van der Waals surface area contributed by atoms with Crippen molar-refractivity contribution in [3.63, 3.8) is 0 Å². The van der Waals surface area contributed by atoms with E-state index in [0.29, 0.717) is 23.7 Å². The summed E-state index contributed by atoms with van der Waals surface area (Å²) in [5.41, 5.74) is 4.44. The van der Waals surface area contributed by atoms with E-state index in [4.69, 9.17) is 9.47 Å². The zero-order chi connectivity index (χ0) is 24.5. The van der Waals surface area contributed by atoms with Gasteiger partial charge in [-0.15, -0.1) is 0 Å². The molecule has 3 aromatic rings. The van der Waals surface area contributed by atoms with E-state index in [1.807, 2.05) is 12.1 Å². The Bertz CT molecular complexity index is 1260. The van der Waals surface area contributed by atoms with Crippen LogP contribution in [-0.2, 0) is 12.0 Å². The van der Waals surface area contributed by atoms with Crippen molar-refractivity contribution in [3.8, 4) is 11.5 Å². The number of fused-ring (bicyclic) bond motifs is 1. The maximum absolute atomic E-state index is 14.6. The van der Waals surface area contributed by atoms with Gasteiger partial charge in [0.1, 0.15) is 6.61 Å². The number of ketones is 1. The lowest BCUT2D eigenvalue weighted by Crippen LogP contribution is -2.15. The molecule has 7 nitrogen and oxygen atoms in total. The van der Waals surface area contributed by atoms with Crippen LogP contribution in [-0.4, -0.2) is 22.9 Å². The van der Waals surface area contributed by atoms with E-state index in [0.717, 1.165) is 17.1 Å². The van der Waals surface area contributed by atoms with Crippen LogP contribution in [0, 0.1) is 5.82 Å². The molecule has 176 valence electrons. The molecule has 0 unspecified atom stereocenters. The summed E-state index contributed by atoms with van der Waals surface area (Å²) in [7, 11) is 1.36. The van der Waals surface area contributed by atoms with Gasteiger partial charge in [0.25, 0.3) is 0 Å². The predicted molar refractivity (Wildman–Crippen MR) is 129 cm³/mol. The number of aromatic nitrogens is 2. The van der Waals surface area contributed by atoms with Crippen LogP contribution in [0.3, 0.4) is 0 Å². The van der Waals surface area contributed by atoms with E-state index in [9.17, 15) is 9.18 Å². The number of halogens is 1. The van der Waals surface area contributed by atoms with Crippen LogP contribution in [0.4, 0.5) is 21.7 Å². The molecule has 0 saturated heterocycles. The third-order valence-electron chi connectivity index (χ3n) is 5.99. The minimum atomic E-state index is -0.564. The summed E-state index contributed by atoms with van der Waals surface area (Å²) in [5.74, 6) is 0.0967. The Labute approximate surface area is 198 Å². The van der Waals surface area contributed by atoms with Gasteiger partial charge in [-0.2, -0.15) is 0 Å². The molecule has 0 fully saturated rings. The summed E-state index contributed by atoms with van der Waals surface area (Å²) in [6, 6.07) is 8.90.